The lowest BCUT2D eigenvalue weighted by Gasteiger charge is -1.98. The fourth-order valence-corrected chi connectivity index (χ4v) is 3.29. The molecule has 0 spiro atoms. The molecule has 0 saturated carbocycles. The van der Waals surface area contributed by atoms with Crippen molar-refractivity contribution in [3.63, 3.8) is 0 Å². The van der Waals surface area contributed by atoms with Crippen molar-refractivity contribution in [2.24, 2.45) is 0 Å². The lowest BCUT2D eigenvalue weighted by molar-refractivity contribution is 0.282. The molecule has 0 aliphatic carbocycles. The number of rotatable bonds is 22. The van der Waals surface area contributed by atoms with E-state index in [1.807, 2.05) is 0 Å². The van der Waals surface area contributed by atoms with Crippen molar-refractivity contribution in [3.8, 4) is 0 Å². The van der Waals surface area contributed by atoms with E-state index in [1.165, 1.54) is 116 Å². The van der Waals surface area contributed by atoms with Crippen LogP contribution in [0.15, 0.2) is 48.6 Å². The maximum Gasteiger partial charge on any atom is 0.0431 e. The van der Waals surface area contributed by atoms with Crippen LogP contribution in [0.5, 0.6) is 0 Å². The Balaban J connectivity index is 0. The largest absolute Gasteiger partial charge is 0.396 e. The normalized spacial score (nSPS) is 11.9. The summed E-state index contributed by atoms with van der Waals surface area (Å²) in [6, 6.07) is 0. The topological polar surface area (TPSA) is 20.2 Å². The predicted molar refractivity (Wildman–Crippen MR) is 148 cm³/mol. The van der Waals surface area contributed by atoms with Gasteiger partial charge in [0.25, 0.3) is 0 Å². The number of aliphatic hydroxyl groups is 1. The summed E-state index contributed by atoms with van der Waals surface area (Å²) in [4.78, 5) is 0. The summed E-state index contributed by atoms with van der Waals surface area (Å²) in [6.45, 7) is 7.08. The van der Waals surface area contributed by atoms with Crippen molar-refractivity contribution in [2.45, 2.75) is 143 Å². The van der Waals surface area contributed by atoms with Crippen LogP contribution in [0.4, 0.5) is 0 Å². The third-order valence-electron chi connectivity index (χ3n) is 5.47. The van der Waals surface area contributed by atoms with Crippen LogP contribution in [0.2, 0.25) is 0 Å². The van der Waals surface area contributed by atoms with Gasteiger partial charge in [0.05, 0.1) is 0 Å². The lowest BCUT2D eigenvalue weighted by Crippen LogP contribution is -1.83. The van der Waals surface area contributed by atoms with Gasteiger partial charge < -0.3 is 5.11 Å². The van der Waals surface area contributed by atoms with Crippen molar-refractivity contribution in [1.29, 1.82) is 0 Å². The van der Waals surface area contributed by atoms with Crippen LogP contribution in [0.1, 0.15) is 143 Å². The monoisotopic (exact) mass is 446 g/mol. The van der Waals surface area contributed by atoms with Crippen LogP contribution in [0, 0.1) is 0 Å². The molecule has 0 aliphatic heterocycles. The second kappa shape index (κ2) is 34.5. The molecule has 0 aromatic heterocycles. The highest BCUT2D eigenvalue weighted by Crippen LogP contribution is 2.07. The van der Waals surface area contributed by atoms with E-state index in [1.54, 1.807) is 0 Å². The Hall–Kier alpha value is -1.08. The minimum Gasteiger partial charge on any atom is -0.396 e. The first-order chi connectivity index (χ1) is 15.8. The molecule has 32 heavy (non-hydrogen) atoms. The Morgan fingerprint density at radius 2 is 0.688 bits per heavy atom. The minimum absolute atomic E-state index is 0.354. The average Bonchev–Trinajstić information content (AvgIpc) is 2.81. The van der Waals surface area contributed by atoms with E-state index in [-0.39, 0.29) is 0 Å². The molecule has 0 aromatic carbocycles. The molecule has 0 atom stereocenters. The molecule has 0 heterocycles. The van der Waals surface area contributed by atoms with Crippen LogP contribution in [-0.2, 0) is 0 Å². The smallest absolute Gasteiger partial charge is 0.0431 e. The molecular formula is C31H58O. The summed E-state index contributed by atoms with van der Waals surface area (Å²) in [5.41, 5.74) is 0. The number of unbranched alkanes of at least 4 members (excludes halogenated alkanes) is 15. The Morgan fingerprint density at radius 1 is 0.375 bits per heavy atom. The van der Waals surface area contributed by atoms with E-state index >= 15 is 0 Å². The van der Waals surface area contributed by atoms with Crippen LogP contribution in [0.3, 0.4) is 0 Å². The van der Waals surface area contributed by atoms with Crippen molar-refractivity contribution in [3.05, 3.63) is 48.6 Å². The van der Waals surface area contributed by atoms with Gasteiger partial charge in [-0.15, -0.1) is 0 Å². The second-order valence-corrected chi connectivity index (χ2v) is 8.83. The van der Waals surface area contributed by atoms with Crippen molar-refractivity contribution in [2.75, 3.05) is 6.61 Å². The van der Waals surface area contributed by atoms with E-state index in [2.05, 4.69) is 69.4 Å². The molecular weight excluding hydrogens is 388 g/mol. The Labute approximate surface area is 203 Å². The Bertz CT molecular complexity index is 416. The lowest BCUT2D eigenvalue weighted by atomic mass is 10.1. The summed E-state index contributed by atoms with van der Waals surface area (Å²) < 4.78 is 0. The van der Waals surface area contributed by atoms with Crippen molar-refractivity contribution >= 4 is 0 Å². The highest BCUT2D eigenvalue weighted by molar-refractivity contribution is 5.02. The van der Waals surface area contributed by atoms with Gasteiger partial charge in [-0.05, 0) is 44.9 Å². The first kappa shape index (κ1) is 33.1. The highest BCUT2D eigenvalue weighted by atomic mass is 16.2. The number of allylic oxidation sites excluding steroid dienone is 8. The number of aliphatic hydroxyl groups excluding tert-OH is 1. The molecule has 0 radical (unpaired) electrons. The molecule has 1 N–H and O–H groups in total. The molecule has 0 amide bonds. The zero-order valence-electron chi connectivity index (χ0n) is 22.2. The van der Waals surface area contributed by atoms with Gasteiger partial charge in [-0.1, -0.05) is 146 Å². The third-order valence-corrected chi connectivity index (χ3v) is 5.47. The van der Waals surface area contributed by atoms with Gasteiger partial charge in [-0.25, -0.2) is 0 Å². The number of hydrogen-bond donors (Lipinski definition) is 1. The summed E-state index contributed by atoms with van der Waals surface area (Å²) in [5, 5.41) is 8.63. The maximum absolute atomic E-state index is 8.63. The van der Waals surface area contributed by atoms with E-state index in [9.17, 15) is 0 Å². The van der Waals surface area contributed by atoms with Gasteiger partial charge >= 0.3 is 0 Å². The molecule has 1 heteroatoms. The molecule has 0 fully saturated rings. The molecule has 0 aliphatic rings. The molecule has 188 valence electrons. The van der Waals surface area contributed by atoms with Crippen LogP contribution in [-0.4, -0.2) is 11.7 Å². The van der Waals surface area contributed by atoms with E-state index in [0.717, 1.165) is 6.42 Å². The average molecular weight is 447 g/mol. The van der Waals surface area contributed by atoms with Crippen molar-refractivity contribution < 1.29 is 5.11 Å². The second-order valence-electron chi connectivity index (χ2n) is 8.83. The van der Waals surface area contributed by atoms with Gasteiger partial charge in [-0.2, -0.15) is 0 Å². The first-order valence-corrected chi connectivity index (χ1v) is 14.1. The van der Waals surface area contributed by atoms with Gasteiger partial charge in [-0.3, -0.25) is 0 Å². The molecule has 1 nitrogen and oxygen atoms in total. The summed E-state index contributed by atoms with van der Waals surface area (Å²) >= 11 is 0. The SMILES string of the molecule is CCCC/C=C\C=C\CCCCCCC.CCCC/C=C\C=C\CCCCCCCCO. The summed E-state index contributed by atoms with van der Waals surface area (Å²) in [5.74, 6) is 0. The predicted octanol–water partition coefficient (Wildman–Crippen LogP) is 10.7. The van der Waals surface area contributed by atoms with Gasteiger partial charge in [0.2, 0.25) is 0 Å². The molecule has 0 unspecified atom stereocenters. The maximum atomic E-state index is 8.63. The van der Waals surface area contributed by atoms with E-state index in [4.69, 9.17) is 5.11 Å². The third kappa shape index (κ3) is 36.3. The number of hydrogen-bond acceptors (Lipinski definition) is 1. The summed E-state index contributed by atoms with van der Waals surface area (Å²) in [7, 11) is 0. The summed E-state index contributed by atoms with van der Waals surface area (Å²) in [6.07, 6.45) is 42.3. The molecule has 0 aromatic rings. The van der Waals surface area contributed by atoms with Gasteiger partial charge in [0, 0.05) is 6.61 Å². The quantitative estimate of drug-likeness (QED) is 0.129. The zero-order valence-corrected chi connectivity index (χ0v) is 22.2. The minimum atomic E-state index is 0.354. The van der Waals surface area contributed by atoms with Crippen LogP contribution >= 0.6 is 0 Å². The fraction of sp³-hybridized carbons (Fsp3) is 0.742. The van der Waals surface area contributed by atoms with Gasteiger partial charge in [0.1, 0.15) is 0 Å². The highest BCUT2D eigenvalue weighted by Gasteiger charge is 1.89. The van der Waals surface area contributed by atoms with Crippen molar-refractivity contribution in [1.82, 2.24) is 0 Å². The first-order valence-electron chi connectivity index (χ1n) is 14.1. The van der Waals surface area contributed by atoms with E-state index in [0.29, 0.717) is 6.61 Å². The van der Waals surface area contributed by atoms with Crippen LogP contribution < -0.4 is 0 Å². The molecule has 0 saturated heterocycles. The van der Waals surface area contributed by atoms with Crippen LogP contribution in [0.25, 0.3) is 0 Å². The Kier molecular flexibility index (Phi) is 35.7. The standard InChI is InChI=1S/C16H30O.C15H28/c1-2-3-4-5-6-7-8-9-10-11-12-13-14-15-16-17;1-3-5-7-9-11-13-15-14-12-10-8-6-4-2/h5-8,17H,2-4,9-16H2,1H3;9,11,13,15H,3-8,10,12,14H2,1-2H3/b6-5-,8-7+;11-9-,15-13+. The molecule has 0 rings (SSSR count). The fourth-order valence-electron chi connectivity index (χ4n) is 3.29. The Morgan fingerprint density at radius 3 is 1.06 bits per heavy atom. The molecule has 0 bridgehead atoms. The van der Waals surface area contributed by atoms with Gasteiger partial charge in [0.15, 0.2) is 0 Å². The van der Waals surface area contributed by atoms with E-state index < -0.39 is 0 Å². The zero-order chi connectivity index (χ0) is 23.8.